The molecule has 1 aromatic rings. The molecule has 1 aromatic carbocycles. The van der Waals surface area contributed by atoms with Crippen molar-refractivity contribution in [1.82, 2.24) is 9.62 Å². The highest BCUT2D eigenvalue weighted by atomic mass is 32.2. The molecule has 130 valence electrons. The molecule has 0 bridgehead atoms. The number of likely N-dealkylation sites (tertiary alicyclic amines) is 1. The number of carboxylic acids is 1. The summed E-state index contributed by atoms with van der Waals surface area (Å²) in [5.74, 6) is -2.26. The fourth-order valence-corrected chi connectivity index (χ4v) is 3.51. The van der Waals surface area contributed by atoms with Crippen LogP contribution < -0.4 is 4.72 Å². The van der Waals surface area contributed by atoms with E-state index in [1.807, 2.05) is 4.72 Å². The first-order valence-electron chi connectivity index (χ1n) is 6.96. The summed E-state index contributed by atoms with van der Waals surface area (Å²) < 4.78 is 26.4. The minimum Gasteiger partial charge on any atom is -0.481 e. The van der Waals surface area contributed by atoms with Gasteiger partial charge < -0.3 is 10.0 Å². The third-order valence-corrected chi connectivity index (χ3v) is 5.10. The van der Waals surface area contributed by atoms with Crippen molar-refractivity contribution in [2.75, 3.05) is 19.6 Å². The molecule has 0 spiro atoms. The molecule has 24 heavy (non-hydrogen) atoms. The van der Waals surface area contributed by atoms with Gasteiger partial charge in [-0.3, -0.25) is 19.7 Å². The molecular weight excluding hydrogens is 342 g/mol. The predicted molar refractivity (Wildman–Crippen MR) is 80.6 cm³/mol. The fourth-order valence-electron chi connectivity index (χ4n) is 2.37. The number of carbonyl (C=O) groups is 2. The van der Waals surface area contributed by atoms with Crippen LogP contribution >= 0.6 is 0 Å². The maximum atomic E-state index is 12.2. The lowest BCUT2D eigenvalue weighted by Gasteiger charge is -2.16. The van der Waals surface area contributed by atoms with Crippen molar-refractivity contribution in [1.29, 1.82) is 0 Å². The highest BCUT2D eigenvalue weighted by Crippen LogP contribution is 2.22. The van der Waals surface area contributed by atoms with E-state index in [0.29, 0.717) is 6.42 Å². The van der Waals surface area contributed by atoms with Gasteiger partial charge in [0.2, 0.25) is 15.9 Å². The molecule has 11 heteroatoms. The summed E-state index contributed by atoms with van der Waals surface area (Å²) in [5, 5.41) is 19.8. The van der Waals surface area contributed by atoms with E-state index in [1.54, 1.807) is 0 Å². The monoisotopic (exact) mass is 357 g/mol. The van der Waals surface area contributed by atoms with Gasteiger partial charge in [0.05, 0.1) is 17.4 Å². The summed E-state index contributed by atoms with van der Waals surface area (Å²) in [6.07, 6.45) is 0.304. The Bertz CT molecular complexity index is 778. The van der Waals surface area contributed by atoms with Crippen LogP contribution in [0.1, 0.15) is 6.42 Å². The van der Waals surface area contributed by atoms with Crippen LogP contribution in [0.4, 0.5) is 5.69 Å². The third-order valence-electron chi connectivity index (χ3n) is 3.66. The first-order chi connectivity index (χ1) is 11.2. The Kier molecular flexibility index (Phi) is 5.14. The average molecular weight is 357 g/mol. The van der Waals surface area contributed by atoms with Crippen LogP contribution in [0.15, 0.2) is 29.2 Å². The number of aliphatic carboxylic acids is 1. The first-order valence-corrected chi connectivity index (χ1v) is 8.44. The molecule has 0 aliphatic carbocycles. The Hall–Kier alpha value is -2.53. The normalized spacial score (nSPS) is 17.7. The summed E-state index contributed by atoms with van der Waals surface area (Å²) in [4.78, 5) is 33.6. The smallest absolute Gasteiger partial charge is 0.308 e. The number of para-hydroxylation sites is 1. The second-order valence-electron chi connectivity index (χ2n) is 5.21. The molecule has 2 N–H and O–H groups in total. The number of amides is 1. The molecule has 1 aliphatic rings. The SMILES string of the molecule is O=C(O)C1CCN(C(=O)CNS(=O)(=O)c2ccccc2[N+](=O)[O-])C1. The van der Waals surface area contributed by atoms with Crippen molar-refractivity contribution in [3.8, 4) is 0 Å². The summed E-state index contributed by atoms with van der Waals surface area (Å²) in [5.41, 5.74) is -0.593. The molecule has 1 amide bonds. The van der Waals surface area contributed by atoms with E-state index < -0.39 is 49.9 Å². The van der Waals surface area contributed by atoms with Crippen LogP contribution in [0.5, 0.6) is 0 Å². The lowest BCUT2D eigenvalue weighted by atomic mass is 10.1. The van der Waals surface area contributed by atoms with Crippen molar-refractivity contribution >= 4 is 27.6 Å². The Labute approximate surface area is 137 Å². The highest BCUT2D eigenvalue weighted by Gasteiger charge is 2.32. The lowest BCUT2D eigenvalue weighted by Crippen LogP contribution is -2.39. The van der Waals surface area contributed by atoms with Gasteiger partial charge in [-0.1, -0.05) is 12.1 Å². The molecule has 1 atom stereocenters. The van der Waals surface area contributed by atoms with Gasteiger partial charge in [0.15, 0.2) is 4.90 Å². The van der Waals surface area contributed by atoms with Crippen molar-refractivity contribution in [2.24, 2.45) is 5.92 Å². The van der Waals surface area contributed by atoms with Crippen LogP contribution in [-0.4, -0.2) is 54.9 Å². The van der Waals surface area contributed by atoms with Gasteiger partial charge in [0.25, 0.3) is 5.69 Å². The number of sulfonamides is 1. The molecule has 10 nitrogen and oxygen atoms in total. The van der Waals surface area contributed by atoms with E-state index in [2.05, 4.69) is 0 Å². The van der Waals surface area contributed by atoms with Crippen molar-refractivity contribution in [3.05, 3.63) is 34.4 Å². The van der Waals surface area contributed by atoms with Gasteiger partial charge in [-0.2, -0.15) is 0 Å². The topological polar surface area (TPSA) is 147 Å². The minimum absolute atomic E-state index is 0.0153. The molecule has 0 radical (unpaired) electrons. The number of rotatable bonds is 6. The number of carboxylic acid groups (broad SMARTS) is 1. The Balaban J connectivity index is 2.05. The molecule has 1 fully saturated rings. The van der Waals surface area contributed by atoms with Crippen LogP contribution in [0.25, 0.3) is 0 Å². The molecule has 0 aromatic heterocycles. The average Bonchev–Trinajstić information content (AvgIpc) is 3.03. The van der Waals surface area contributed by atoms with Crippen LogP contribution in [0.3, 0.4) is 0 Å². The maximum Gasteiger partial charge on any atom is 0.308 e. The standard InChI is InChI=1S/C13H15N3O7S/c17-12(15-6-5-9(8-15)13(18)19)7-14-24(22,23)11-4-2-1-3-10(11)16(20)21/h1-4,9,14H,5-8H2,(H,18,19). The van der Waals surface area contributed by atoms with Gasteiger partial charge in [-0.05, 0) is 12.5 Å². The Morgan fingerprint density at radius 1 is 1.38 bits per heavy atom. The lowest BCUT2D eigenvalue weighted by molar-refractivity contribution is -0.387. The predicted octanol–water partition coefficient (Wildman–Crippen LogP) is -0.194. The van der Waals surface area contributed by atoms with E-state index >= 15 is 0 Å². The maximum absolute atomic E-state index is 12.2. The van der Waals surface area contributed by atoms with Gasteiger partial charge in [0.1, 0.15) is 0 Å². The zero-order valence-corrected chi connectivity index (χ0v) is 13.2. The van der Waals surface area contributed by atoms with Crippen LogP contribution in [-0.2, 0) is 19.6 Å². The number of carbonyl (C=O) groups excluding carboxylic acids is 1. The van der Waals surface area contributed by atoms with Crippen molar-refractivity contribution in [2.45, 2.75) is 11.3 Å². The second-order valence-corrected chi connectivity index (χ2v) is 6.95. The highest BCUT2D eigenvalue weighted by molar-refractivity contribution is 7.89. The summed E-state index contributed by atoms with van der Waals surface area (Å²) in [6, 6.07) is 4.79. The Morgan fingerprint density at radius 2 is 2.04 bits per heavy atom. The first kappa shape index (κ1) is 17.8. The summed E-state index contributed by atoms with van der Waals surface area (Å²) >= 11 is 0. The number of nitrogens with one attached hydrogen (secondary N) is 1. The molecule has 1 unspecified atom stereocenters. The molecular formula is C13H15N3O7S. The summed E-state index contributed by atoms with van der Waals surface area (Å²) in [7, 11) is -4.25. The third kappa shape index (κ3) is 3.86. The van der Waals surface area contributed by atoms with Crippen LogP contribution in [0.2, 0.25) is 0 Å². The van der Waals surface area contributed by atoms with Gasteiger partial charge in [0, 0.05) is 19.2 Å². The largest absolute Gasteiger partial charge is 0.481 e. The van der Waals surface area contributed by atoms with Crippen LogP contribution in [0, 0.1) is 16.0 Å². The quantitative estimate of drug-likeness (QED) is 0.529. The van der Waals surface area contributed by atoms with E-state index in [0.717, 1.165) is 12.1 Å². The molecule has 1 heterocycles. The van der Waals surface area contributed by atoms with E-state index in [1.165, 1.54) is 17.0 Å². The number of benzene rings is 1. The number of nitrogens with zero attached hydrogens (tertiary/aromatic N) is 2. The number of hydrogen-bond acceptors (Lipinski definition) is 6. The zero-order chi connectivity index (χ0) is 17.9. The van der Waals surface area contributed by atoms with Gasteiger partial charge in [-0.25, -0.2) is 13.1 Å². The number of hydrogen-bond donors (Lipinski definition) is 2. The molecule has 1 saturated heterocycles. The van der Waals surface area contributed by atoms with Gasteiger partial charge in [-0.15, -0.1) is 0 Å². The number of nitro benzene ring substituents is 1. The summed E-state index contributed by atoms with van der Waals surface area (Å²) in [6.45, 7) is -0.356. The van der Waals surface area contributed by atoms with Crippen molar-refractivity contribution in [3.63, 3.8) is 0 Å². The van der Waals surface area contributed by atoms with E-state index in [9.17, 15) is 28.1 Å². The van der Waals surface area contributed by atoms with E-state index in [4.69, 9.17) is 5.11 Å². The van der Waals surface area contributed by atoms with Gasteiger partial charge >= 0.3 is 5.97 Å². The second kappa shape index (κ2) is 6.93. The molecule has 0 saturated carbocycles. The van der Waals surface area contributed by atoms with Crippen molar-refractivity contribution < 1.29 is 28.0 Å². The zero-order valence-electron chi connectivity index (χ0n) is 12.4. The minimum atomic E-state index is -4.25. The molecule has 1 aliphatic heterocycles. The molecule has 2 rings (SSSR count). The van der Waals surface area contributed by atoms with E-state index in [-0.39, 0.29) is 13.1 Å². The number of nitro groups is 1. The fraction of sp³-hybridized carbons (Fsp3) is 0.385. The Morgan fingerprint density at radius 3 is 2.62 bits per heavy atom.